The minimum atomic E-state index is -0.981. The monoisotopic (exact) mass is 426 g/mol. The molecule has 3 atom stereocenters. The number of fused-ring (bicyclic) bond motifs is 1. The summed E-state index contributed by atoms with van der Waals surface area (Å²) in [4.78, 5) is 9.30. The number of rotatable bonds is 6. The van der Waals surface area contributed by atoms with Crippen LogP contribution in [0.25, 0.3) is 0 Å². The summed E-state index contributed by atoms with van der Waals surface area (Å²) in [5, 5.41) is 13.8. The number of halogens is 1. The Hall–Kier alpha value is -2.48. The number of hydrogen-bond donors (Lipinski definition) is 2. The van der Waals surface area contributed by atoms with E-state index in [2.05, 4.69) is 44.4 Å². The maximum Gasteiger partial charge on any atom is 0.194 e. The summed E-state index contributed by atoms with van der Waals surface area (Å²) in [6.07, 6.45) is -0.858. The van der Waals surface area contributed by atoms with E-state index in [0.29, 0.717) is 0 Å². The molecule has 0 aromatic heterocycles. The number of nitrogens with one attached hydrogen (secondary N) is 1. The van der Waals surface area contributed by atoms with E-state index in [4.69, 9.17) is 4.74 Å². The lowest BCUT2D eigenvalue weighted by Gasteiger charge is -2.36. The lowest BCUT2D eigenvalue weighted by molar-refractivity contribution is -0.0502. The SMILES string of the molecule is CCNC(=NCC(O)c1ccccc1F)N1CC2OCCN(Cc3ccccc3)C2C1. The number of morpholine rings is 1. The van der Waals surface area contributed by atoms with Gasteiger partial charge in [-0.15, -0.1) is 0 Å². The quantitative estimate of drug-likeness (QED) is 0.549. The summed E-state index contributed by atoms with van der Waals surface area (Å²) >= 11 is 0. The van der Waals surface area contributed by atoms with E-state index in [0.717, 1.165) is 45.3 Å². The van der Waals surface area contributed by atoms with Crippen LogP contribution in [0.15, 0.2) is 59.6 Å². The fraction of sp³-hybridized carbons (Fsp3) is 0.458. The fourth-order valence-corrected chi connectivity index (χ4v) is 4.39. The third kappa shape index (κ3) is 5.23. The predicted molar refractivity (Wildman–Crippen MR) is 119 cm³/mol. The first-order chi connectivity index (χ1) is 15.2. The zero-order valence-corrected chi connectivity index (χ0v) is 18.0. The molecule has 2 aliphatic rings. The van der Waals surface area contributed by atoms with Crippen molar-refractivity contribution >= 4 is 5.96 Å². The molecule has 0 amide bonds. The molecule has 2 heterocycles. The van der Waals surface area contributed by atoms with E-state index in [9.17, 15) is 9.50 Å². The first-order valence-electron chi connectivity index (χ1n) is 11.0. The molecule has 6 nitrogen and oxygen atoms in total. The van der Waals surface area contributed by atoms with E-state index in [1.165, 1.54) is 11.6 Å². The van der Waals surface area contributed by atoms with Crippen molar-refractivity contribution in [2.45, 2.75) is 31.7 Å². The van der Waals surface area contributed by atoms with Gasteiger partial charge >= 0.3 is 0 Å². The average molecular weight is 427 g/mol. The second kappa shape index (κ2) is 10.2. The Labute approximate surface area is 183 Å². The average Bonchev–Trinajstić information content (AvgIpc) is 3.23. The Bertz CT molecular complexity index is 879. The number of guanidine groups is 1. The lowest BCUT2D eigenvalue weighted by Crippen LogP contribution is -2.50. The zero-order valence-electron chi connectivity index (χ0n) is 18.0. The smallest absolute Gasteiger partial charge is 0.194 e. The maximum absolute atomic E-state index is 14.0. The van der Waals surface area contributed by atoms with Crippen LogP contribution in [0.4, 0.5) is 4.39 Å². The Kier molecular flexibility index (Phi) is 7.17. The van der Waals surface area contributed by atoms with Gasteiger partial charge in [-0.25, -0.2) is 4.39 Å². The molecule has 166 valence electrons. The van der Waals surface area contributed by atoms with Gasteiger partial charge in [0.15, 0.2) is 5.96 Å². The molecular formula is C24H31FN4O2. The van der Waals surface area contributed by atoms with E-state index in [1.54, 1.807) is 18.2 Å². The number of hydrogen-bond acceptors (Lipinski definition) is 4. The highest BCUT2D eigenvalue weighted by Gasteiger charge is 2.41. The van der Waals surface area contributed by atoms with Crippen molar-refractivity contribution in [1.82, 2.24) is 15.1 Å². The van der Waals surface area contributed by atoms with E-state index in [-0.39, 0.29) is 24.3 Å². The number of benzene rings is 2. The van der Waals surface area contributed by atoms with Crippen LogP contribution in [0, 0.1) is 5.82 Å². The van der Waals surface area contributed by atoms with Crippen molar-refractivity contribution in [3.8, 4) is 0 Å². The second-order valence-electron chi connectivity index (χ2n) is 8.07. The molecule has 3 unspecified atom stereocenters. The normalized spacial score (nSPS) is 22.9. The van der Waals surface area contributed by atoms with Crippen LogP contribution in [0.3, 0.4) is 0 Å². The Morgan fingerprint density at radius 3 is 2.74 bits per heavy atom. The standard InChI is InChI=1S/C24H31FN4O2/c1-2-26-24(27-14-22(30)19-10-6-7-11-20(19)25)29-16-21-23(17-29)31-13-12-28(21)15-18-8-4-3-5-9-18/h3-11,21-23,30H,2,12-17H2,1H3,(H,26,27). The first kappa shape index (κ1) is 21.7. The van der Waals surface area contributed by atoms with Crippen LogP contribution >= 0.6 is 0 Å². The molecule has 0 saturated carbocycles. The summed E-state index contributed by atoms with van der Waals surface area (Å²) < 4.78 is 20.1. The largest absolute Gasteiger partial charge is 0.386 e. The van der Waals surface area contributed by atoms with Gasteiger partial charge in [0.25, 0.3) is 0 Å². The fourth-order valence-electron chi connectivity index (χ4n) is 4.39. The summed E-state index contributed by atoms with van der Waals surface area (Å²) in [5.74, 6) is 0.322. The summed E-state index contributed by atoms with van der Waals surface area (Å²) in [6, 6.07) is 17.1. The van der Waals surface area contributed by atoms with Crippen molar-refractivity contribution < 1.29 is 14.2 Å². The van der Waals surface area contributed by atoms with Crippen LogP contribution in [-0.4, -0.2) is 72.3 Å². The highest BCUT2D eigenvalue weighted by atomic mass is 19.1. The van der Waals surface area contributed by atoms with Gasteiger partial charge < -0.3 is 20.1 Å². The van der Waals surface area contributed by atoms with E-state index in [1.807, 2.05) is 13.0 Å². The van der Waals surface area contributed by atoms with Crippen LogP contribution in [-0.2, 0) is 11.3 Å². The second-order valence-corrected chi connectivity index (χ2v) is 8.07. The third-order valence-electron chi connectivity index (χ3n) is 5.96. The van der Waals surface area contributed by atoms with Crippen LogP contribution in [0.2, 0.25) is 0 Å². The minimum Gasteiger partial charge on any atom is -0.386 e. The van der Waals surface area contributed by atoms with Gasteiger partial charge in [0.2, 0.25) is 0 Å². The molecule has 2 fully saturated rings. The number of aliphatic imine (C=N–C) groups is 1. The van der Waals surface area contributed by atoms with Crippen LogP contribution < -0.4 is 5.32 Å². The van der Waals surface area contributed by atoms with Gasteiger partial charge in [-0.2, -0.15) is 0 Å². The van der Waals surface area contributed by atoms with E-state index < -0.39 is 11.9 Å². The van der Waals surface area contributed by atoms with Crippen molar-refractivity contribution in [2.75, 3.05) is 39.3 Å². The molecule has 0 aliphatic carbocycles. The molecule has 0 spiro atoms. The summed E-state index contributed by atoms with van der Waals surface area (Å²) in [5.41, 5.74) is 1.57. The molecule has 2 aromatic carbocycles. The lowest BCUT2D eigenvalue weighted by atomic mass is 10.1. The number of likely N-dealkylation sites (tertiary alicyclic amines) is 1. The van der Waals surface area contributed by atoms with Crippen molar-refractivity contribution in [3.63, 3.8) is 0 Å². The number of nitrogens with zero attached hydrogens (tertiary/aromatic N) is 3. The Morgan fingerprint density at radius 1 is 1.19 bits per heavy atom. The van der Waals surface area contributed by atoms with Gasteiger partial charge in [0.05, 0.1) is 25.3 Å². The predicted octanol–water partition coefficient (Wildman–Crippen LogP) is 2.41. The van der Waals surface area contributed by atoms with Crippen LogP contribution in [0.5, 0.6) is 0 Å². The highest BCUT2D eigenvalue weighted by Crippen LogP contribution is 2.25. The Morgan fingerprint density at radius 2 is 1.97 bits per heavy atom. The first-order valence-corrected chi connectivity index (χ1v) is 11.0. The zero-order chi connectivity index (χ0) is 21.6. The Balaban J connectivity index is 1.44. The molecule has 4 rings (SSSR count). The van der Waals surface area contributed by atoms with E-state index >= 15 is 0 Å². The van der Waals surface area contributed by atoms with Crippen molar-refractivity contribution in [1.29, 1.82) is 0 Å². The summed E-state index contributed by atoms with van der Waals surface area (Å²) in [7, 11) is 0. The van der Waals surface area contributed by atoms with Gasteiger partial charge in [0.1, 0.15) is 11.9 Å². The molecule has 0 radical (unpaired) electrons. The molecular weight excluding hydrogens is 395 g/mol. The summed E-state index contributed by atoms with van der Waals surface area (Å²) in [6.45, 7) is 6.92. The van der Waals surface area contributed by atoms with Crippen LogP contribution in [0.1, 0.15) is 24.2 Å². The third-order valence-corrected chi connectivity index (χ3v) is 5.96. The van der Waals surface area contributed by atoms with Gasteiger partial charge in [-0.3, -0.25) is 9.89 Å². The molecule has 31 heavy (non-hydrogen) atoms. The molecule has 2 N–H and O–H groups in total. The minimum absolute atomic E-state index is 0.101. The number of ether oxygens (including phenoxy) is 1. The molecule has 0 bridgehead atoms. The van der Waals surface area contributed by atoms with Crippen molar-refractivity contribution in [3.05, 3.63) is 71.5 Å². The molecule has 7 heteroatoms. The molecule has 2 aliphatic heterocycles. The van der Waals surface area contributed by atoms with Gasteiger partial charge in [-0.1, -0.05) is 48.5 Å². The molecule has 2 aromatic rings. The molecule has 2 saturated heterocycles. The maximum atomic E-state index is 14.0. The topological polar surface area (TPSA) is 60.3 Å². The van der Waals surface area contributed by atoms with Gasteiger partial charge in [0, 0.05) is 38.3 Å². The van der Waals surface area contributed by atoms with Gasteiger partial charge in [-0.05, 0) is 18.6 Å². The highest BCUT2D eigenvalue weighted by molar-refractivity contribution is 5.80. The number of aliphatic hydroxyl groups is 1. The van der Waals surface area contributed by atoms with Crippen molar-refractivity contribution in [2.24, 2.45) is 4.99 Å². The number of aliphatic hydroxyl groups excluding tert-OH is 1.